The number of nitrogens with two attached hydrogens (primary N) is 1. The van der Waals surface area contributed by atoms with Crippen molar-refractivity contribution in [3.05, 3.63) is 0 Å². The summed E-state index contributed by atoms with van der Waals surface area (Å²) in [7, 11) is 0. The van der Waals surface area contributed by atoms with E-state index in [0.29, 0.717) is 19.5 Å². The first-order valence-corrected chi connectivity index (χ1v) is 5.63. The summed E-state index contributed by atoms with van der Waals surface area (Å²) in [5.41, 5.74) is 7.35. The second kappa shape index (κ2) is 9.89. The molecule has 0 bridgehead atoms. The van der Waals surface area contributed by atoms with Crippen molar-refractivity contribution in [1.82, 2.24) is 10.8 Å². The summed E-state index contributed by atoms with van der Waals surface area (Å²) in [6.07, 6.45) is 4.55. The lowest BCUT2D eigenvalue weighted by Gasteiger charge is -2.14. The molecular weight excluding hydrogens is 194 g/mol. The average Bonchev–Trinajstić information content (AvgIpc) is 2.24. The number of hydrogen-bond donors (Lipinski definition) is 4. The Hall–Kier alpha value is -0.650. The molecule has 0 saturated carbocycles. The van der Waals surface area contributed by atoms with E-state index in [9.17, 15) is 4.79 Å². The van der Waals surface area contributed by atoms with Crippen LogP contribution in [-0.4, -0.2) is 30.2 Å². The second-order valence-corrected chi connectivity index (χ2v) is 3.61. The van der Waals surface area contributed by atoms with Crippen molar-refractivity contribution in [2.45, 2.75) is 45.1 Å². The number of hydrogen-bond acceptors (Lipinski definition) is 4. The summed E-state index contributed by atoms with van der Waals surface area (Å²) in [4.78, 5) is 11.5. The van der Waals surface area contributed by atoms with Crippen LogP contribution in [0.5, 0.6) is 0 Å². The van der Waals surface area contributed by atoms with Crippen LogP contribution in [0.2, 0.25) is 0 Å². The van der Waals surface area contributed by atoms with Crippen LogP contribution in [0.1, 0.15) is 39.0 Å². The maximum atomic E-state index is 11.5. The Kier molecular flexibility index (Phi) is 9.46. The molecule has 0 rings (SSSR count). The molecule has 0 aromatic carbocycles. The fourth-order valence-corrected chi connectivity index (χ4v) is 1.29. The molecule has 15 heavy (non-hydrogen) atoms. The SMILES string of the molecule is CCCCCC(NO)C(=O)NCCCN. The Morgan fingerprint density at radius 2 is 2.13 bits per heavy atom. The van der Waals surface area contributed by atoms with Crippen molar-refractivity contribution in [3.8, 4) is 0 Å². The van der Waals surface area contributed by atoms with Crippen LogP contribution in [0.25, 0.3) is 0 Å². The van der Waals surface area contributed by atoms with Gasteiger partial charge in [0.1, 0.15) is 6.04 Å². The number of carbonyl (C=O) groups is 1. The van der Waals surface area contributed by atoms with Crippen LogP contribution in [-0.2, 0) is 4.79 Å². The quantitative estimate of drug-likeness (QED) is 0.332. The maximum absolute atomic E-state index is 11.5. The molecule has 0 spiro atoms. The van der Waals surface area contributed by atoms with Crippen LogP contribution in [0.4, 0.5) is 0 Å². The highest BCUT2D eigenvalue weighted by Crippen LogP contribution is 2.03. The molecule has 1 atom stereocenters. The fourth-order valence-electron chi connectivity index (χ4n) is 1.29. The predicted octanol–water partition coefficient (Wildman–Crippen LogP) is 0.379. The normalized spacial score (nSPS) is 12.5. The standard InChI is InChI=1S/C10H23N3O2/c1-2-3-4-6-9(13-15)10(14)12-8-5-7-11/h9,13,15H,2-8,11H2,1H3,(H,12,14). The van der Waals surface area contributed by atoms with Gasteiger partial charge in [0.05, 0.1) is 0 Å². The average molecular weight is 217 g/mol. The zero-order chi connectivity index (χ0) is 11.5. The largest absolute Gasteiger partial charge is 0.355 e. The lowest BCUT2D eigenvalue weighted by atomic mass is 10.1. The highest BCUT2D eigenvalue weighted by atomic mass is 16.5. The minimum atomic E-state index is -0.491. The molecule has 0 fully saturated rings. The van der Waals surface area contributed by atoms with Gasteiger partial charge in [0.15, 0.2) is 0 Å². The maximum Gasteiger partial charge on any atom is 0.239 e. The summed E-state index contributed by atoms with van der Waals surface area (Å²) >= 11 is 0. The minimum Gasteiger partial charge on any atom is -0.355 e. The number of rotatable bonds is 9. The Balaban J connectivity index is 3.67. The van der Waals surface area contributed by atoms with Gasteiger partial charge in [0.25, 0.3) is 0 Å². The van der Waals surface area contributed by atoms with Gasteiger partial charge in [-0.1, -0.05) is 26.2 Å². The van der Waals surface area contributed by atoms with Crippen molar-refractivity contribution >= 4 is 5.91 Å². The molecule has 5 heteroatoms. The smallest absolute Gasteiger partial charge is 0.239 e. The van der Waals surface area contributed by atoms with E-state index in [4.69, 9.17) is 10.9 Å². The molecule has 1 unspecified atom stereocenters. The molecule has 0 aromatic heterocycles. The molecule has 0 aliphatic heterocycles. The fraction of sp³-hybridized carbons (Fsp3) is 0.900. The van der Waals surface area contributed by atoms with E-state index in [1.54, 1.807) is 0 Å². The van der Waals surface area contributed by atoms with E-state index in [1.807, 2.05) is 5.48 Å². The molecule has 0 radical (unpaired) electrons. The van der Waals surface area contributed by atoms with Gasteiger partial charge in [-0.05, 0) is 19.4 Å². The molecule has 0 aromatic rings. The zero-order valence-corrected chi connectivity index (χ0v) is 9.46. The van der Waals surface area contributed by atoms with Crippen molar-refractivity contribution in [3.63, 3.8) is 0 Å². The summed E-state index contributed by atoms with van der Waals surface area (Å²) in [5, 5.41) is 11.5. The van der Waals surface area contributed by atoms with Gasteiger partial charge in [-0.2, -0.15) is 5.48 Å². The summed E-state index contributed by atoms with van der Waals surface area (Å²) in [5.74, 6) is -0.151. The third kappa shape index (κ3) is 7.30. The number of hydroxylamine groups is 1. The molecule has 0 aliphatic carbocycles. The Morgan fingerprint density at radius 3 is 2.67 bits per heavy atom. The van der Waals surface area contributed by atoms with Gasteiger partial charge in [0.2, 0.25) is 5.91 Å². The number of carbonyl (C=O) groups excluding carboxylic acids is 1. The molecule has 5 nitrogen and oxygen atoms in total. The molecule has 0 heterocycles. The first kappa shape index (κ1) is 14.3. The Bertz CT molecular complexity index is 165. The summed E-state index contributed by atoms with van der Waals surface area (Å²) in [6, 6.07) is -0.491. The molecule has 0 aliphatic rings. The van der Waals surface area contributed by atoms with E-state index >= 15 is 0 Å². The van der Waals surface area contributed by atoms with E-state index in [2.05, 4.69) is 12.2 Å². The number of nitrogens with one attached hydrogen (secondary N) is 2. The van der Waals surface area contributed by atoms with Crippen molar-refractivity contribution in [1.29, 1.82) is 0 Å². The van der Waals surface area contributed by atoms with Gasteiger partial charge in [-0.25, -0.2) is 0 Å². The summed E-state index contributed by atoms with van der Waals surface area (Å²) in [6.45, 7) is 3.23. The molecule has 90 valence electrons. The first-order chi connectivity index (χ1) is 7.26. The third-order valence-corrected chi connectivity index (χ3v) is 2.25. The van der Waals surface area contributed by atoms with Crippen LogP contribution in [0, 0.1) is 0 Å². The molecule has 0 saturated heterocycles. The van der Waals surface area contributed by atoms with Gasteiger partial charge in [0, 0.05) is 6.54 Å². The van der Waals surface area contributed by atoms with Crippen molar-refractivity contribution in [2.24, 2.45) is 5.73 Å². The van der Waals surface area contributed by atoms with E-state index < -0.39 is 6.04 Å². The predicted molar refractivity (Wildman–Crippen MR) is 59.5 cm³/mol. The van der Waals surface area contributed by atoms with Crippen LogP contribution < -0.4 is 16.5 Å². The van der Waals surface area contributed by atoms with Gasteiger partial charge in [-0.3, -0.25) is 4.79 Å². The number of amides is 1. The Morgan fingerprint density at radius 1 is 1.40 bits per heavy atom. The highest BCUT2D eigenvalue weighted by Gasteiger charge is 2.15. The molecule has 5 N–H and O–H groups in total. The van der Waals surface area contributed by atoms with E-state index in [-0.39, 0.29) is 5.91 Å². The highest BCUT2D eigenvalue weighted by molar-refractivity contribution is 5.81. The van der Waals surface area contributed by atoms with Crippen molar-refractivity contribution in [2.75, 3.05) is 13.1 Å². The lowest BCUT2D eigenvalue weighted by Crippen LogP contribution is -2.43. The van der Waals surface area contributed by atoms with Crippen LogP contribution >= 0.6 is 0 Å². The number of unbranched alkanes of at least 4 members (excludes halogenated alkanes) is 2. The minimum absolute atomic E-state index is 0.151. The van der Waals surface area contributed by atoms with Gasteiger partial charge < -0.3 is 16.3 Å². The zero-order valence-electron chi connectivity index (χ0n) is 9.46. The van der Waals surface area contributed by atoms with Gasteiger partial charge >= 0.3 is 0 Å². The Labute approximate surface area is 91.4 Å². The van der Waals surface area contributed by atoms with Crippen molar-refractivity contribution < 1.29 is 10.0 Å². The molecule has 1 amide bonds. The summed E-state index contributed by atoms with van der Waals surface area (Å²) < 4.78 is 0. The second-order valence-electron chi connectivity index (χ2n) is 3.61. The lowest BCUT2D eigenvalue weighted by molar-refractivity contribution is -0.125. The monoisotopic (exact) mass is 217 g/mol. The van der Waals surface area contributed by atoms with Crippen LogP contribution in [0.3, 0.4) is 0 Å². The van der Waals surface area contributed by atoms with Crippen LogP contribution in [0.15, 0.2) is 0 Å². The first-order valence-electron chi connectivity index (χ1n) is 5.63. The van der Waals surface area contributed by atoms with E-state index in [1.165, 1.54) is 0 Å². The molecular formula is C10H23N3O2. The third-order valence-electron chi connectivity index (χ3n) is 2.25. The van der Waals surface area contributed by atoms with E-state index in [0.717, 1.165) is 25.7 Å². The van der Waals surface area contributed by atoms with Gasteiger partial charge in [-0.15, -0.1) is 0 Å². The topological polar surface area (TPSA) is 87.4 Å².